The third-order valence-corrected chi connectivity index (χ3v) is 2.96. The van der Waals surface area contributed by atoms with Gasteiger partial charge in [0.05, 0.1) is 11.3 Å². The van der Waals surface area contributed by atoms with E-state index in [2.05, 4.69) is 15.7 Å². The lowest BCUT2D eigenvalue weighted by Gasteiger charge is -2.13. The number of benzene rings is 1. The second kappa shape index (κ2) is 6.15. The zero-order valence-corrected chi connectivity index (χ0v) is 11.1. The molecule has 1 atom stereocenters. The van der Waals surface area contributed by atoms with Crippen LogP contribution in [0.2, 0.25) is 0 Å². The van der Waals surface area contributed by atoms with Gasteiger partial charge in [-0.15, -0.1) is 0 Å². The van der Waals surface area contributed by atoms with E-state index in [-0.39, 0.29) is 11.9 Å². The third-order valence-electron chi connectivity index (χ3n) is 2.96. The third kappa shape index (κ3) is 3.20. The lowest BCUT2D eigenvalue weighted by molar-refractivity contribution is 0.0950. The Balaban J connectivity index is 2.18. The van der Waals surface area contributed by atoms with Gasteiger partial charge in [-0.3, -0.25) is 4.79 Å². The maximum absolute atomic E-state index is 12.2. The van der Waals surface area contributed by atoms with Crippen molar-refractivity contribution in [1.82, 2.24) is 20.4 Å². The summed E-state index contributed by atoms with van der Waals surface area (Å²) in [5, 5.41) is 10.2. The average Bonchev–Trinajstić information content (AvgIpc) is 2.98. The molecule has 2 aromatic rings. The van der Waals surface area contributed by atoms with Gasteiger partial charge in [0.25, 0.3) is 5.91 Å². The molecule has 0 aliphatic heterocycles. The van der Waals surface area contributed by atoms with Crippen molar-refractivity contribution >= 4 is 5.91 Å². The molecule has 0 spiro atoms. The molecule has 0 fully saturated rings. The Morgan fingerprint density at radius 1 is 1.37 bits per heavy atom. The monoisotopic (exact) mass is 258 g/mol. The second-order valence-electron chi connectivity index (χ2n) is 4.37. The van der Waals surface area contributed by atoms with Crippen molar-refractivity contribution in [3.05, 3.63) is 48.3 Å². The number of para-hydroxylation sites is 1. The van der Waals surface area contributed by atoms with E-state index in [0.29, 0.717) is 12.1 Å². The van der Waals surface area contributed by atoms with E-state index < -0.39 is 0 Å². The van der Waals surface area contributed by atoms with Gasteiger partial charge in [-0.2, -0.15) is 5.10 Å². The Morgan fingerprint density at radius 3 is 2.84 bits per heavy atom. The number of carbonyl (C=O) groups is 1. The lowest BCUT2D eigenvalue weighted by Crippen LogP contribution is -2.37. The molecule has 1 amide bonds. The minimum Gasteiger partial charge on any atom is -0.350 e. The smallest absolute Gasteiger partial charge is 0.253 e. The fourth-order valence-electron chi connectivity index (χ4n) is 1.72. The first-order valence-corrected chi connectivity index (χ1v) is 6.27. The number of nitrogens with zero attached hydrogens (tertiary/aromatic N) is 2. The summed E-state index contributed by atoms with van der Waals surface area (Å²) in [4.78, 5) is 12.2. The van der Waals surface area contributed by atoms with Crippen LogP contribution in [-0.4, -0.2) is 35.3 Å². The molecular weight excluding hydrogens is 240 g/mol. The van der Waals surface area contributed by atoms with Crippen LogP contribution in [0.1, 0.15) is 17.3 Å². The molecule has 1 aromatic carbocycles. The number of hydrogen-bond acceptors (Lipinski definition) is 3. The first-order valence-electron chi connectivity index (χ1n) is 6.27. The number of amides is 1. The number of rotatable bonds is 5. The highest BCUT2D eigenvalue weighted by Gasteiger charge is 2.12. The Hall–Kier alpha value is -2.14. The van der Waals surface area contributed by atoms with Gasteiger partial charge >= 0.3 is 0 Å². The summed E-state index contributed by atoms with van der Waals surface area (Å²) in [6.45, 7) is 2.60. The summed E-state index contributed by atoms with van der Waals surface area (Å²) >= 11 is 0. The highest BCUT2D eigenvalue weighted by atomic mass is 16.1. The van der Waals surface area contributed by atoms with E-state index in [0.717, 1.165) is 5.69 Å². The molecule has 0 saturated carbocycles. The van der Waals surface area contributed by atoms with E-state index in [1.54, 1.807) is 16.9 Å². The fraction of sp³-hybridized carbons (Fsp3) is 0.286. The average molecular weight is 258 g/mol. The van der Waals surface area contributed by atoms with Crippen LogP contribution in [-0.2, 0) is 0 Å². The molecule has 100 valence electrons. The SMILES string of the molecule is CNC(C)CNC(=O)c1ccccc1-n1cccn1. The molecule has 0 bridgehead atoms. The van der Waals surface area contributed by atoms with Crippen molar-refractivity contribution in [2.45, 2.75) is 13.0 Å². The standard InChI is InChI=1S/C14H18N4O/c1-11(15-2)10-16-14(19)12-6-3-4-7-13(12)18-9-5-8-17-18/h3-9,11,15H,10H2,1-2H3,(H,16,19). The molecule has 0 saturated heterocycles. The maximum atomic E-state index is 12.2. The molecule has 1 unspecified atom stereocenters. The van der Waals surface area contributed by atoms with Crippen molar-refractivity contribution < 1.29 is 4.79 Å². The van der Waals surface area contributed by atoms with Gasteiger partial charge in [-0.25, -0.2) is 4.68 Å². The van der Waals surface area contributed by atoms with Gasteiger partial charge in [0.2, 0.25) is 0 Å². The van der Waals surface area contributed by atoms with Crippen molar-refractivity contribution in [1.29, 1.82) is 0 Å². The van der Waals surface area contributed by atoms with Crippen LogP contribution in [0.25, 0.3) is 5.69 Å². The van der Waals surface area contributed by atoms with Crippen LogP contribution in [0.15, 0.2) is 42.7 Å². The fourth-order valence-corrected chi connectivity index (χ4v) is 1.72. The van der Waals surface area contributed by atoms with Crippen LogP contribution < -0.4 is 10.6 Å². The summed E-state index contributed by atoms with van der Waals surface area (Å²) in [7, 11) is 1.87. The van der Waals surface area contributed by atoms with Crippen molar-refractivity contribution in [3.8, 4) is 5.69 Å². The number of likely N-dealkylation sites (N-methyl/N-ethyl adjacent to an activating group) is 1. The summed E-state index contributed by atoms with van der Waals surface area (Å²) in [6.07, 6.45) is 3.51. The van der Waals surface area contributed by atoms with Gasteiger partial charge in [0.15, 0.2) is 0 Å². The normalized spacial score (nSPS) is 12.1. The zero-order valence-electron chi connectivity index (χ0n) is 11.1. The van der Waals surface area contributed by atoms with Gasteiger partial charge in [0.1, 0.15) is 0 Å². The topological polar surface area (TPSA) is 58.9 Å². The highest BCUT2D eigenvalue weighted by molar-refractivity contribution is 5.97. The highest BCUT2D eigenvalue weighted by Crippen LogP contribution is 2.13. The van der Waals surface area contributed by atoms with Gasteiger partial charge in [-0.05, 0) is 32.2 Å². The predicted octanol–water partition coefficient (Wildman–Crippen LogP) is 1.21. The molecule has 2 rings (SSSR count). The largest absolute Gasteiger partial charge is 0.350 e. The number of carbonyl (C=O) groups excluding carboxylic acids is 1. The number of hydrogen-bond donors (Lipinski definition) is 2. The molecule has 1 heterocycles. The van der Waals surface area contributed by atoms with Gasteiger partial charge in [-0.1, -0.05) is 12.1 Å². The Bertz CT molecular complexity index is 536. The van der Waals surface area contributed by atoms with Crippen molar-refractivity contribution in [3.63, 3.8) is 0 Å². The molecule has 5 nitrogen and oxygen atoms in total. The molecule has 0 aliphatic carbocycles. The summed E-state index contributed by atoms with van der Waals surface area (Å²) in [6, 6.07) is 9.49. The Kier molecular flexibility index (Phi) is 4.30. The molecular formula is C14H18N4O. The van der Waals surface area contributed by atoms with Crippen LogP contribution in [0.4, 0.5) is 0 Å². The van der Waals surface area contributed by atoms with E-state index in [1.807, 2.05) is 44.4 Å². The molecule has 1 aromatic heterocycles. The molecule has 0 aliphatic rings. The van der Waals surface area contributed by atoms with E-state index >= 15 is 0 Å². The number of nitrogens with one attached hydrogen (secondary N) is 2. The van der Waals surface area contributed by atoms with Crippen LogP contribution >= 0.6 is 0 Å². The second-order valence-corrected chi connectivity index (χ2v) is 4.37. The summed E-state index contributed by atoms with van der Waals surface area (Å²) < 4.78 is 1.69. The minimum atomic E-state index is -0.0896. The van der Waals surface area contributed by atoms with E-state index in [1.165, 1.54) is 0 Å². The molecule has 2 N–H and O–H groups in total. The summed E-state index contributed by atoms with van der Waals surface area (Å²) in [5.41, 5.74) is 1.40. The van der Waals surface area contributed by atoms with Crippen LogP contribution in [0.3, 0.4) is 0 Å². The summed E-state index contributed by atoms with van der Waals surface area (Å²) in [5.74, 6) is -0.0896. The van der Waals surface area contributed by atoms with Crippen molar-refractivity contribution in [2.75, 3.05) is 13.6 Å². The van der Waals surface area contributed by atoms with E-state index in [4.69, 9.17) is 0 Å². The van der Waals surface area contributed by atoms with E-state index in [9.17, 15) is 4.79 Å². The first kappa shape index (κ1) is 13.3. The number of aromatic nitrogens is 2. The zero-order chi connectivity index (χ0) is 13.7. The first-order chi connectivity index (χ1) is 9.22. The Labute approximate surface area is 112 Å². The van der Waals surface area contributed by atoms with Gasteiger partial charge < -0.3 is 10.6 Å². The van der Waals surface area contributed by atoms with Crippen LogP contribution in [0.5, 0.6) is 0 Å². The quantitative estimate of drug-likeness (QED) is 0.847. The van der Waals surface area contributed by atoms with Gasteiger partial charge in [0, 0.05) is 25.0 Å². The van der Waals surface area contributed by atoms with Crippen molar-refractivity contribution in [2.24, 2.45) is 0 Å². The van der Waals surface area contributed by atoms with Crippen LogP contribution in [0, 0.1) is 0 Å². The predicted molar refractivity (Wildman–Crippen MR) is 74.4 cm³/mol. The Morgan fingerprint density at radius 2 is 2.16 bits per heavy atom. The molecule has 19 heavy (non-hydrogen) atoms. The lowest BCUT2D eigenvalue weighted by atomic mass is 10.1. The molecule has 5 heteroatoms. The minimum absolute atomic E-state index is 0.0896. The molecule has 0 radical (unpaired) electrons. The maximum Gasteiger partial charge on any atom is 0.253 e.